The Balaban J connectivity index is 1.77. The predicted molar refractivity (Wildman–Crippen MR) is 91.7 cm³/mol. The van der Waals surface area contributed by atoms with E-state index in [4.69, 9.17) is 0 Å². The summed E-state index contributed by atoms with van der Waals surface area (Å²) in [6, 6.07) is 9.13. The van der Waals surface area contributed by atoms with Crippen molar-refractivity contribution in [3.63, 3.8) is 0 Å². The first-order valence-electron chi connectivity index (χ1n) is 8.48. The Kier molecular flexibility index (Phi) is 5.15. The van der Waals surface area contributed by atoms with E-state index < -0.39 is 0 Å². The zero-order valence-corrected chi connectivity index (χ0v) is 14.0. The molecule has 2 heterocycles. The molecule has 1 aliphatic rings. The van der Waals surface area contributed by atoms with Crippen LogP contribution < -0.4 is 0 Å². The molecule has 1 amide bonds. The molecule has 0 bridgehead atoms. The number of hydrogen-bond donors (Lipinski definition) is 2. The van der Waals surface area contributed by atoms with Crippen LogP contribution in [0.5, 0.6) is 5.75 Å². The van der Waals surface area contributed by atoms with Gasteiger partial charge in [0.05, 0.1) is 0 Å². The molecule has 6 nitrogen and oxygen atoms in total. The second kappa shape index (κ2) is 7.49. The highest BCUT2D eigenvalue weighted by Gasteiger charge is 2.28. The van der Waals surface area contributed by atoms with Gasteiger partial charge in [-0.3, -0.25) is 14.8 Å². The van der Waals surface area contributed by atoms with Crippen molar-refractivity contribution in [3.8, 4) is 5.75 Å². The van der Waals surface area contributed by atoms with E-state index in [0.717, 1.165) is 25.1 Å². The number of nitrogens with zero attached hydrogens (tertiary/aromatic N) is 3. The number of aromatic amines is 1. The van der Waals surface area contributed by atoms with Gasteiger partial charge in [-0.2, -0.15) is 5.10 Å². The van der Waals surface area contributed by atoms with Gasteiger partial charge in [-0.15, -0.1) is 0 Å². The molecule has 0 aliphatic carbocycles. The lowest BCUT2D eigenvalue weighted by Crippen LogP contribution is -2.42. The number of carbonyl (C=O) groups is 1. The summed E-state index contributed by atoms with van der Waals surface area (Å²) >= 11 is 0. The maximum Gasteiger partial charge on any atom is 0.272 e. The van der Waals surface area contributed by atoms with Crippen molar-refractivity contribution in [2.24, 2.45) is 0 Å². The number of amides is 1. The van der Waals surface area contributed by atoms with Crippen LogP contribution >= 0.6 is 0 Å². The third-order valence-corrected chi connectivity index (χ3v) is 4.66. The van der Waals surface area contributed by atoms with Crippen LogP contribution in [0.1, 0.15) is 35.8 Å². The maximum absolute atomic E-state index is 12.8. The van der Waals surface area contributed by atoms with E-state index in [1.165, 1.54) is 6.42 Å². The van der Waals surface area contributed by atoms with Crippen LogP contribution in [0.15, 0.2) is 36.5 Å². The molecule has 6 heteroatoms. The minimum Gasteiger partial charge on any atom is -0.508 e. The Morgan fingerprint density at radius 3 is 2.83 bits per heavy atom. The summed E-state index contributed by atoms with van der Waals surface area (Å²) in [5.41, 5.74) is 1.51. The fraction of sp³-hybridized carbons (Fsp3) is 0.444. The number of rotatable bonds is 6. The van der Waals surface area contributed by atoms with Gasteiger partial charge < -0.3 is 10.0 Å². The lowest BCUT2D eigenvalue weighted by atomic mass is 10.1. The van der Waals surface area contributed by atoms with Gasteiger partial charge in [0.15, 0.2) is 0 Å². The van der Waals surface area contributed by atoms with Gasteiger partial charge in [-0.05, 0) is 49.7 Å². The number of benzene rings is 1. The molecule has 0 spiro atoms. The molecule has 1 aliphatic heterocycles. The Bertz CT molecular complexity index is 654. The lowest BCUT2D eigenvalue weighted by molar-refractivity contribution is 0.0686. The molecule has 1 aromatic heterocycles. The molecule has 1 aromatic carbocycles. The van der Waals surface area contributed by atoms with Crippen LogP contribution in [0.4, 0.5) is 0 Å². The molecule has 0 saturated carbocycles. The van der Waals surface area contributed by atoms with Gasteiger partial charge in [-0.1, -0.05) is 19.1 Å². The Morgan fingerprint density at radius 1 is 1.38 bits per heavy atom. The highest BCUT2D eigenvalue weighted by atomic mass is 16.3. The third-order valence-electron chi connectivity index (χ3n) is 4.66. The van der Waals surface area contributed by atoms with Gasteiger partial charge in [0, 0.05) is 25.3 Å². The monoisotopic (exact) mass is 328 g/mol. The van der Waals surface area contributed by atoms with E-state index in [9.17, 15) is 9.90 Å². The zero-order chi connectivity index (χ0) is 16.9. The summed E-state index contributed by atoms with van der Waals surface area (Å²) in [7, 11) is 0. The van der Waals surface area contributed by atoms with Crippen molar-refractivity contribution < 1.29 is 9.90 Å². The maximum atomic E-state index is 12.8. The van der Waals surface area contributed by atoms with Gasteiger partial charge in [0.2, 0.25) is 0 Å². The van der Waals surface area contributed by atoms with Gasteiger partial charge >= 0.3 is 0 Å². The Morgan fingerprint density at radius 2 is 2.17 bits per heavy atom. The van der Waals surface area contributed by atoms with Crippen molar-refractivity contribution in [1.82, 2.24) is 20.0 Å². The van der Waals surface area contributed by atoms with Crippen molar-refractivity contribution in [2.45, 2.75) is 32.4 Å². The number of phenolic OH excluding ortho intramolecular Hbond substituents is 1. The highest BCUT2D eigenvalue weighted by molar-refractivity contribution is 5.92. The molecule has 2 aromatic rings. The number of aromatic hydroxyl groups is 1. The van der Waals surface area contributed by atoms with Crippen LogP contribution in [-0.2, 0) is 6.54 Å². The highest BCUT2D eigenvalue weighted by Crippen LogP contribution is 2.20. The quantitative estimate of drug-likeness (QED) is 0.853. The molecule has 24 heavy (non-hydrogen) atoms. The number of likely N-dealkylation sites (tertiary alicyclic amines) is 1. The summed E-state index contributed by atoms with van der Waals surface area (Å²) in [5.74, 6) is 0.196. The van der Waals surface area contributed by atoms with E-state index in [-0.39, 0.29) is 11.7 Å². The van der Waals surface area contributed by atoms with Crippen molar-refractivity contribution >= 4 is 5.91 Å². The summed E-state index contributed by atoms with van der Waals surface area (Å²) < 4.78 is 0. The molecule has 128 valence electrons. The van der Waals surface area contributed by atoms with Crippen molar-refractivity contribution in [1.29, 1.82) is 0 Å². The largest absolute Gasteiger partial charge is 0.508 e. The number of nitrogens with one attached hydrogen (secondary N) is 1. The van der Waals surface area contributed by atoms with E-state index in [2.05, 4.69) is 22.0 Å². The normalized spacial score (nSPS) is 18.0. The lowest BCUT2D eigenvalue weighted by Gasteiger charge is -2.30. The van der Waals surface area contributed by atoms with E-state index in [1.807, 2.05) is 17.0 Å². The van der Waals surface area contributed by atoms with Crippen LogP contribution in [0, 0.1) is 0 Å². The Labute approximate surface area is 142 Å². The molecule has 1 fully saturated rings. The second-order valence-electron chi connectivity index (χ2n) is 6.25. The summed E-state index contributed by atoms with van der Waals surface area (Å²) in [5, 5.41) is 16.1. The van der Waals surface area contributed by atoms with Crippen LogP contribution in [0.3, 0.4) is 0 Å². The average molecular weight is 328 g/mol. The summed E-state index contributed by atoms with van der Waals surface area (Å²) in [6.07, 6.45) is 3.90. The molecular formula is C18H24N4O2. The summed E-state index contributed by atoms with van der Waals surface area (Å²) in [6.45, 7) is 5.50. The van der Waals surface area contributed by atoms with Gasteiger partial charge in [0.25, 0.3) is 5.91 Å². The number of H-pyrrole nitrogens is 1. The molecule has 0 radical (unpaired) electrons. The molecule has 2 N–H and O–H groups in total. The fourth-order valence-electron chi connectivity index (χ4n) is 3.36. The third kappa shape index (κ3) is 3.76. The van der Waals surface area contributed by atoms with Gasteiger partial charge in [0.1, 0.15) is 11.4 Å². The molecule has 1 atom stereocenters. The number of likely N-dealkylation sites (N-methyl/N-ethyl adjacent to an activating group) is 1. The number of carbonyl (C=O) groups excluding carboxylic acids is 1. The second-order valence-corrected chi connectivity index (χ2v) is 6.25. The number of hydrogen-bond acceptors (Lipinski definition) is 4. The van der Waals surface area contributed by atoms with Crippen LogP contribution in [0.2, 0.25) is 0 Å². The minimum absolute atomic E-state index is 0.0384. The predicted octanol–water partition coefficient (Wildman–Crippen LogP) is 2.24. The Hall–Kier alpha value is -2.34. The minimum atomic E-state index is -0.0384. The van der Waals surface area contributed by atoms with E-state index in [0.29, 0.717) is 24.8 Å². The summed E-state index contributed by atoms with van der Waals surface area (Å²) in [4.78, 5) is 17.2. The smallest absolute Gasteiger partial charge is 0.272 e. The van der Waals surface area contributed by atoms with Crippen LogP contribution in [0.25, 0.3) is 0 Å². The fourth-order valence-corrected chi connectivity index (χ4v) is 3.36. The first kappa shape index (κ1) is 16.5. The van der Waals surface area contributed by atoms with E-state index in [1.54, 1.807) is 24.4 Å². The molecular weight excluding hydrogens is 304 g/mol. The first-order chi connectivity index (χ1) is 11.7. The van der Waals surface area contributed by atoms with Crippen molar-refractivity contribution in [2.75, 3.05) is 19.6 Å². The standard InChI is InChI=1S/C18H24N4O2/c1-2-21-11-3-4-15(21)13-22(18(24)17-9-10-19-20-17)12-14-5-7-16(23)8-6-14/h5-10,15,23H,2-4,11-13H2,1H3,(H,19,20). The van der Waals surface area contributed by atoms with Crippen molar-refractivity contribution in [3.05, 3.63) is 47.8 Å². The molecule has 1 saturated heterocycles. The molecule has 1 unspecified atom stereocenters. The molecule has 3 rings (SSSR count). The topological polar surface area (TPSA) is 72.5 Å². The number of phenols is 1. The van der Waals surface area contributed by atoms with Crippen LogP contribution in [-0.4, -0.2) is 56.7 Å². The number of aromatic nitrogens is 2. The zero-order valence-electron chi connectivity index (χ0n) is 14.0. The van der Waals surface area contributed by atoms with Gasteiger partial charge in [-0.25, -0.2) is 0 Å². The van der Waals surface area contributed by atoms with E-state index >= 15 is 0 Å². The first-order valence-corrected chi connectivity index (χ1v) is 8.48. The SMILES string of the molecule is CCN1CCCC1CN(Cc1ccc(O)cc1)C(=O)c1ccn[nH]1. The average Bonchev–Trinajstić information content (AvgIpc) is 3.27.